The number of carboxylic acid groups (broad SMARTS) is 1. The van der Waals surface area contributed by atoms with Gasteiger partial charge in [-0.15, -0.1) is 0 Å². The number of piperidine rings is 1. The van der Waals surface area contributed by atoms with Crippen molar-refractivity contribution in [2.75, 3.05) is 13.2 Å². The van der Waals surface area contributed by atoms with Gasteiger partial charge in [0, 0.05) is 6.54 Å². The van der Waals surface area contributed by atoms with Gasteiger partial charge in [0.15, 0.2) is 0 Å². The predicted octanol–water partition coefficient (Wildman–Crippen LogP) is 2.66. The van der Waals surface area contributed by atoms with Crippen LogP contribution in [0.1, 0.15) is 38.5 Å². The zero-order chi connectivity index (χ0) is 14.5. The highest BCUT2D eigenvalue weighted by Gasteiger charge is 2.39. The number of rotatable bonds is 4. The van der Waals surface area contributed by atoms with E-state index in [1.807, 2.05) is 0 Å². The predicted molar refractivity (Wildman–Crippen MR) is 74.4 cm³/mol. The lowest BCUT2D eigenvalue weighted by Gasteiger charge is -2.39. The fraction of sp³-hybridized carbons (Fsp3) is 0.733. The molecular formula is C15H23NO4. The van der Waals surface area contributed by atoms with Gasteiger partial charge in [0.25, 0.3) is 0 Å². The summed E-state index contributed by atoms with van der Waals surface area (Å²) >= 11 is 0. The molecule has 0 aromatic carbocycles. The smallest absolute Gasteiger partial charge is 0.410 e. The van der Waals surface area contributed by atoms with Crippen molar-refractivity contribution >= 4 is 12.1 Å². The van der Waals surface area contributed by atoms with Crippen LogP contribution in [0.3, 0.4) is 0 Å². The standard InChI is InChI=1S/C15H23NO4/c1-2-9-20-15(19)16-10-12(11-5-3-4-6-11)7-8-13(16)14(17)18/h2,11-13H,1,3-10H2,(H,17,18). The Morgan fingerprint density at radius 3 is 2.50 bits per heavy atom. The molecule has 5 nitrogen and oxygen atoms in total. The maximum atomic E-state index is 12.0. The molecule has 2 atom stereocenters. The zero-order valence-electron chi connectivity index (χ0n) is 11.8. The van der Waals surface area contributed by atoms with Crippen LogP contribution in [-0.4, -0.2) is 41.3 Å². The minimum atomic E-state index is -0.939. The molecule has 1 N–H and O–H groups in total. The molecule has 5 heteroatoms. The van der Waals surface area contributed by atoms with Crippen LogP contribution >= 0.6 is 0 Å². The van der Waals surface area contributed by atoms with E-state index in [0.717, 1.165) is 6.42 Å². The molecule has 2 unspecified atom stereocenters. The van der Waals surface area contributed by atoms with E-state index in [1.54, 1.807) is 0 Å². The Bertz CT molecular complexity index is 376. The number of carbonyl (C=O) groups excluding carboxylic acids is 1. The van der Waals surface area contributed by atoms with Crippen LogP contribution in [0.5, 0.6) is 0 Å². The molecular weight excluding hydrogens is 258 g/mol. The number of likely N-dealkylation sites (tertiary alicyclic amines) is 1. The van der Waals surface area contributed by atoms with Crippen molar-refractivity contribution < 1.29 is 19.4 Å². The molecule has 1 saturated carbocycles. The molecule has 1 heterocycles. The molecule has 1 aliphatic heterocycles. The van der Waals surface area contributed by atoms with Crippen LogP contribution in [0.25, 0.3) is 0 Å². The lowest BCUT2D eigenvalue weighted by Crippen LogP contribution is -2.51. The Hall–Kier alpha value is -1.52. The molecule has 1 aliphatic carbocycles. The normalized spacial score (nSPS) is 27.3. The number of hydrogen-bond donors (Lipinski definition) is 1. The zero-order valence-corrected chi connectivity index (χ0v) is 11.8. The van der Waals surface area contributed by atoms with E-state index >= 15 is 0 Å². The molecule has 0 aromatic heterocycles. The van der Waals surface area contributed by atoms with Crippen molar-refractivity contribution in [3.63, 3.8) is 0 Å². The highest BCUT2D eigenvalue weighted by atomic mass is 16.6. The van der Waals surface area contributed by atoms with Gasteiger partial charge in [-0.25, -0.2) is 9.59 Å². The highest BCUT2D eigenvalue weighted by molar-refractivity contribution is 5.80. The Kier molecular flexibility index (Phi) is 5.04. The Morgan fingerprint density at radius 2 is 1.90 bits per heavy atom. The largest absolute Gasteiger partial charge is 0.480 e. The number of carboxylic acids is 1. The summed E-state index contributed by atoms with van der Waals surface area (Å²) in [6.45, 7) is 4.13. The summed E-state index contributed by atoms with van der Waals surface area (Å²) in [7, 11) is 0. The Labute approximate surface area is 119 Å². The van der Waals surface area contributed by atoms with Crippen molar-refractivity contribution in [3.8, 4) is 0 Å². The highest BCUT2D eigenvalue weighted by Crippen LogP contribution is 2.37. The molecule has 112 valence electrons. The third-order valence-corrected chi connectivity index (χ3v) is 4.53. The molecule has 0 aromatic rings. The van der Waals surface area contributed by atoms with Crippen molar-refractivity contribution in [3.05, 3.63) is 12.7 Å². The monoisotopic (exact) mass is 281 g/mol. The van der Waals surface area contributed by atoms with Gasteiger partial charge in [0.2, 0.25) is 0 Å². The number of hydrogen-bond acceptors (Lipinski definition) is 3. The van der Waals surface area contributed by atoms with E-state index < -0.39 is 18.1 Å². The molecule has 1 amide bonds. The molecule has 0 spiro atoms. The summed E-state index contributed by atoms with van der Waals surface area (Å²) in [5, 5.41) is 9.26. The van der Waals surface area contributed by atoms with Gasteiger partial charge < -0.3 is 9.84 Å². The summed E-state index contributed by atoms with van der Waals surface area (Å²) in [4.78, 5) is 24.7. The number of aliphatic carboxylic acids is 1. The van der Waals surface area contributed by atoms with Crippen molar-refractivity contribution in [2.24, 2.45) is 11.8 Å². The van der Waals surface area contributed by atoms with Gasteiger partial charge in [-0.3, -0.25) is 4.90 Å². The van der Waals surface area contributed by atoms with Crippen LogP contribution in [0.2, 0.25) is 0 Å². The van der Waals surface area contributed by atoms with Crippen molar-refractivity contribution in [2.45, 2.75) is 44.6 Å². The summed E-state index contributed by atoms with van der Waals surface area (Å²) in [5.41, 5.74) is 0. The number of carbonyl (C=O) groups is 2. The maximum Gasteiger partial charge on any atom is 0.410 e. The molecule has 2 fully saturated rings. The van der Waals surface area contributed by atoms with Gasteiger partial charge in [-0.05, 0) is 24.7 Å². The Balaban J connectivity index is 2.02. The van der Waals surface area contributed by atoms with Gasteiger partial charge in [-0.2, -0.15) is 0 Å². The van der Waals surface area contributed by atoms with Gasteiger partial charge in [0.1, 0.15) is 12.6 Å². The number of ether oxygens (including phenoxy) is 1. The van der Waals surface area contributed by atoms with Crippen LogP contribution in [0.15, 0.2) is 12.7 Å². The molecule has 0 bridgehead atoms. The van der Waals surface area contributed by atoms with E-state index in [9.17, 15) is 14.7 Å². The second-order valence-corrected chi connectivity index (χ2v) is 5.75. The first-order valence-electron chi connectivity index (χ1n) is 7.40. The third kappa shape index (κ3) is 3.32. The van der Waals surface area contributed by atoms with Crippen LogP contribution in [0, 0.1) is 11.8 Å². The average Bonchev–Trinajstić information content (AvgIpc) is 2.98. The van der Waals surface area contributed by atoms with E-state index in [-0.39, 0.29) is 6.61 Å². The first-order valence-corrected chi connectivity index (χ1v) is 7.40. The lowest BCUT2D eigenvalue weighted by atomic mass is 9.82. The van der Waals surface area contributed by atoms with Gasteiger partial charge in [0.05, 0.1) is 0 Å². The minimum Gasteiger partial charge on any atom is -0.480 e. The summed E-state index contributed by atoms with van der Waals surface area (Å²) in [6.07, 6.45) is 7.31. The van der Waals surface area contributed by atoms with Crippen molar-refractivity contribution in [1.82, 2.24) is 4.90 Å². The lowest BCUT2D eigenvalue weighted by molar-refractivity contribution is -0.144. The van der Waals surface area contributed by atoms with E-state index in [2.05, 4.69) is 6.58 Å². The summed E-state index contributed by atoms with van der Waals surface area (Å²) in [6, 6.07) is -0.745. The first kappa shape index (κ1) is 14.9. The summed E-state index contributed by atoms with van der Waals surface area (Å²) in [5.74, 6) is 0.120. The molecule has 2 rings (SSSR count). The number of nitrogens with zero attached hydrogens (tertiary/aromatic N) is 1. The summed E-state index contributed by atoms with van der Waals surface area (Å²) < 4.78 is 5.03. The molecule has 0 radical (unpaired) electrons. The fourth-order valence-electron chi connectivity index (χ4n) is 3.48. The third-order valence-electron chi connectivity index (χ3n) is 4.53. The van der Waals surface area contributed by atoms with E-state index in [1.165, 1.54) is 36.7 Å². The van der Waals surface area contributed by atoms with Crippen LogP contribution < -0.4 is 0 Å². The van der Waals surface area contributed by atoms with Gasteiger partial charge in [-0.1, -0.05) is 38.3 Å². The Morgan fingerprint density at radius 1 is 1.20 bits per heavy atom. The van der Waals surface area contributed by atoms with Crippen LogP contribution in [-0.2, 0) is 9.53 Å². The number of amides is 1. The maximum absolute atomic E-state index is 12.0. The van der Waals surface area contributed by atoms with Crippen molar-refractivity contribution in [1.29, 1.82) is 0 Å². The fourth-order valence-corrected chi connectivity index (χ4v) is 3.48. The average molecular weight is 281 g/mol. The minimum absolute atomic E-state index is 0.121. The second kappa shape index (κ2) is 6.77. The first-order chi connectivity index (χ1) is 9.63. The molecule has 2 aliphatic rings. The van der Waals surface area contributed by atoms with Crippen LogP contribution in [0.4, 0.5) is 4.79 Å². The SMILES string of the molecule is C=CCOC(=O)N1CC(C2CCCC2)CCC1C(=O)O. The topological polar surface area (TPSA) is 66.8 Å². The quantitative estimate of drug-likeness (QED) is 0.804. The molecule has 20 heavy (non-hydrogen) atoms. The molecule has 1 saturated heterocycles. The van der Waals surface area contributed by atoms with E-state index in [0.29, 0.717) is 24.8 Å². The van der Waals surface area contributed by atoms with Gasteiger partial charge >= 0.3 is 12.1 Å². The second-order valence-electron chi connectivity index (χ2n) is 5.75. The van der Waals surface area contributed by atoms with E-state index in [4.69, 9.17) is 4.74 Å².